The highest BCUT2D eigenvalue weighted by molar-refractivity contribution is 6.36. The summed E-state index contributed by atoms with van der Waals surface area (Å²) in [5, 5.41) is 3.78. The first-order valence-corrected chi connectivity index (χ1v) is 6.52. The van der Waals surface area contributed by atoms with Crippen molar-refractivity contribution in [3.63, 3.8) is 0 Å². The summed E-state index contributed by atoms with van der Waals surface area (Å²) in [7, 11) is 0. The van der Waals surface area contributed by atoms with E-state index in [1.807, 2.05) is 18.2 Å². The molecule has 5 heteroatoms. The molecule has 0 aliphatic heterocycles. The summed E-state index contributed by atoms with van der Waals surface area (Å²) in [6.07, 6.45) is 1.85. The lowest BCUT2D eigenvalue weighted by molar-refractivity contribution is -0.120. The number of nitrogens with one attached hydrogen (secondary N) is 1. The Kier molecular flexibility index (Phi) is 4.77. The number of benzene rings is 1. The zero-order valence-corrected chi connectivity index (χ0v) is 11.6. The molecule has 19 heavy (non-hydrogen) atoms. The molecular formula is C14H12Cl2N2O. The van der Waals surface area contributed by atoms with Gasteiger partial charge in [-0.05, 0) is 29.8 Å². The summed E-state index contributed by atoms with van der Waals surface area (Å²) in [4.78, 5) is 16.0. The third-order valence-electron chi connectivity index (χ3n) is 2.59. The molecule has 2 aromatic rings. The maximum atomic E-state index is 11.8. The summed E-state index contributed by atoms with van der Waals surface area (Å²) in [5.41, 5.74) is 1.45. The molecule has 1 amide bonds. The van der Waals surface area contributed by atoms with Crippen LogP contribution in [0.1, 0.15) is 11.3 Å². The SMILES string of the molecule is O=C(Cc1c(Cl)cccc1Cl)NCc1ccccn1. The van der Waals surface area contributed by atoms with E-state index in [1.165, 1.54) is 0 Å². The molecule has 0 unspecified atom stereocenters. The Morgan fingerprint density at radius 1 is 1.11 bits per heavy atom. The number of carbonyl (C=O) groups is 1. The maximum Gasteiger partial charge on any atom is 0.224 e. The average molecular weight is 295 g/mol. The van der Waals surface area contributed by atoms with Gasteiger partial charge in [0, 0.05) is 16.2 Å². The number of aromatic nitrogens is 1. The molecule has 1 aromatic carbocycles. The molecule has 3 nitrogen and oxygen atoms in total. The summed E-state index contributed by atoms with van der Waals surface area (Å²) < 4.78 is 0. The van der Waals surface area contributed by atoms with Crippen LogP contribution < -0.4 is 5.32 Å². The lowest BCUT2D eigenvalue weighted by Crippen LogP contribution is -2.25. The molecule has 0 saturated heterocycles. The normalized spacial score (nSPS) is 10.2. The highest BCUT2D eigenvalue weighted by Crippen LogP contribution is 2.24. The van der Waals surface area contributed by atoms with Crippen molar-refractivity contribution >= 4 is 29.1 Å². The quantitative estimate of drug-likeness (QED) is 0.940. The Hall–Kier alpha value is -1.58. The first-order chi connectivity index (χ1) is 9.16. The Morgan fingerprint density at radius 3 is 2.47 bits per heavy atom. The molecule has 0 fully saturated rings. The van der Waals surface area contributed by atoms with Gasteiger partial charge in [-0.1, -0.05) is 35.3 Å². The third kappa shape index (κ3) is 3.94. The average Bonchev–Trinajstić information content (AvgIpc) is 2.42. The molecule has 0 spiro atoms. The minimum atomic E-state index is -0.138. The van der Waals surface area contributed by atoms with E-state index >= 15 is 0 Å². The van der Waals surface area contributed by atoms with Crippen molar-refractivity contribution in [1.29, 1.82) is 0 Å². The summed E-state index contributed by atoms with van der Waals surface area (Å²) in [5.74, 6) is -0.138. The largest absolute Gasteiger partial charge is 0.350 e. The van der Waals surface area contributed by atoms with Gasteiger partial charge in [-0.3, -0.25) is 9.78 Å². The lowest BCUT2D eigenvalue weighted by atomic mass is 10.1. The predicted octanol–water partition coefficient (Wildman–Crippen LogP) is 3.25. The number of nitrogens with zero attached hydrogens (tertiary/aromatic N) is 1. The number of pyridine rings is 1. The molecule has 0 radical (unpaired) electrons. The van der Waals surface area contributed by atoms with E-state index in [4.69, 9.17) is 23.2 Å². The molecule has 0 aliphatic rings. The van der Waals surface area contributed by atoms with Crippen molar-refractivity contribution in [1.82, 2.24) is 10.3 Å². The number of hydrogen-bond acceptors (Lipinski definition) is 2. The van der Waals surface area contributed by atoms with Gasteiger partial charge >= 0.3 is 0 Å². The Morgan fingerprint density at radius 2 is 1.84 bits per heavy atom. The molecule has 1 heterocycles. The standard InChI is InChI=1S/C14H12Cl2N2O/c15-12-5-3-6-13(16)11(12)8-14(19)18-9-10-4-1-2-7-17-10/h1-7H,8-9H2,(H,18,19). The number of amides is 1. The summed E-state index contributed by atoms with van der Waals surface area (Å²) in [6.45, 7) is 0.391. The van der Waals surface area contributed by atoms with Crippen LogP contribution in [0.15, 0.2) is 42.6 Å². The van der Waals surface area contributed by atoms with Crippen LogP contribution in [0, 0.1) is 0 Å². The number of carbonyl (C=O) groups excluding carboxylic acids is 1. The van der Waals surface area contributed by atoms with Crippen LogP contribution in [0.2, 0.25) is 10.0 Å². The van der Waals surface area contributed by atoms with E-state index < -0.39 is 0 Å². The van der Waals surface area contributed by atoms with Crippen LogP contribution in [-0.2, 0) is 17.8 Å². The van der Waals surface area contributed by atoms with E-state index in [1.54, 1.807) is 24.4 Å². The topological polar surface area (TPSA) is 42.0 Å². The van der Waals surface area contributed by atoms with Crippen LogP contribution >= 0.6 is 23.2 Å². The van der Waals surface area contributed by atoms with E-state index in [2.05, 4.69) is 10.3 Å². The van der Waals surface area contributed by atoms with Gasteiger partial charge in [0.2, 0.25) is 5.91 Å². The van der Waals surface area contributed by atoms with E-state index in [0.29, 0.717) is 22.2 Å². The van der Waals surface area contributed by atoms with Crippen molar-refractivity contribution in [3.05, 3.63) is 63.9 Å². The molecule has 2 rings (SSSR count). The number of rotatable bonds is 4. The van der Waals surface area contributed by atoms with Crippen LogP contribution in [-0.4, -0.2) is 10.9 Å². The molecule has 0 aliphatic carbocycles. The maximum absolute atomic E-state index is 11.8. The lowest BCUT2D eigenvalue weighted by Gasteiger charge is -2.07. The van der Waals surface area contributed by atoms with Crippen molar-refractivity contribution in [2.75, 3.05) is 0 Å². The molecule has 0 bridgehead atoms. The van der Waals surface area contributed by atoms with Gasteiger partial charge in [0.05, 0.1) is 18.7 Å². The molecule has 1 aromatic heterocycles. The van der Waals surface area contributed by atoms with Gasteiger partial charge < -0.3 is 5.32 Å². The van der Waals surface area contributed by atoms with Crippen LogP contribution in [0.4, 0.5) is 0 Å². The van der Waals surface area contributed by atoms with Gasteiger partial charge in [-0.2, -0.15) is 0 Å². The highest BCUT2D eigenvalue weighted by Gasteiger charge is 2.10. The zero-order chi connectivity index (χ0) is 13.7. The Bertz CT molecular complexity index is 553. The van der Waals surface area contributed by atoms with Crippen LogP contribution in [0.25, 0.3) is 0 Å². The van der Waals surface area contributed by atoms with Crippen LogP contribution in [0.3, 0.4) is 0 Å². The fourth-order valence-electron chi connectivity index (χ4n) is 1.62. The van der Waals surface area contributed by atoms with Gasteiger partial charge in [-0.15, -0.1) is 0 Å². The van der Waals surface area contributed by atoms with E-state index in [-0.39, 0.29) is 12.3 Å². The zero-order valence-electron chi connectivity index (χ0n) is 10.1. The Labute approximate surface area is 121 Å². The van der Waals surface area contributed by atoms with Gasteiger partial charge in [0.1, 0.15) is 0 Å². The second-order valence-corrected chi connectivity index (χ2v) is 4.79. The third-order valence-corrected chi connectivity index (χ3v) is 3.30. The fraction of sp³-hybridized carbons (Fsp3) is 0.143. The second kappa shape index (κ2) is 6.55. The van der Waals surface area contributed by atoms with Gasteiger partial charge in [0.15, 0.2) is 0 Å². The fourth-order valence-corrected chi connectivity index (χ4v) is 2.15. The predicted molar refractivity (Wildman–Crippen MR) is 76.2 cm³/mol. The monoisotopic (exact) mass is 294 g/mol. The summed E-state index contributed by atoms with van der Waals surface area (Å²) >= 11 is 12.0. The molecular weight excluding hydrogens is 283 g/mol. The Balaban J connectivity index is 1.95. The first kappa shape index (κ1) is 13.8. The smallest absolute Gasteiger partial charge is 0.224 e. The van der Waals surface area contributed by atoms with Gasteiger partial charge in [-0.25, -0.2) is 0 Å². The number of halogens is 2. The first-order valence-electron chi connectivity index (χ1n) is 5.76. The van der Waals surface area contributed by atoms with E-state index in [0.717, 1.165) is 5.69 Å². The highest BCUT2D eigenvalue weighted by atomic mass is 35.5. The van der Waals surface area contributed by atoms with Crippen LogP contribution in [0.5, 0.6) is 0 Å². The van der Waals surface area contributed by atoms with Crippen molar-refractivity contribution < 1.29 is 4.79 Å². The second-order valence-electron chi connectivity index (χ2n) is 3.97. The number of hydrogen-bond donors (Lipinski definition) is 1. The molecule has 0 atom stereocenters. The van der Waals surface area contributed by atoms with Crippen molar-refractivity contribution in [3.8, 4) is 0 Å². The minimum absolute atomic E-state index is 0.138. The van der Waals surface area contributed by atoms with Gasteiger partial charge in [0.25, 0.3) is 0 Å². The molecule has 98 valence electrons. The van der Waals surface area contributed by atoms with E-state index in [9.17, 15) is 4.79 Å². The summed E-state index contributed by atoms with van der Waals surface area (Å²) in [6, 6.07) is 10.7. The molecule has 0 saturated carbocycles. The molecule has 1 N–H and O–H groups in total. The van der Waals surface area contributed by atoms with Crippen molar-refractivity contribution in [2.45, 2.75) is 13.0 Å². The minimum Gasteiger partial charge on any atom is -0.350 e. The van der Waals surface area contributed by atoms with Crippen molar-refractivity contribution in [2.24, 2.45) is 0 Å².